The number of hydrogen-bond donors (Lipinski definition) is 3. The summed E-state index contributed by atoms with van der Waals surface area (Å²) >= 11 is 0. The molecule has 0 aromatic carbocycles. The Morgan fingerprint density at radius 3 is 2.63 bits per heavy atom. The van der Waals surface area contributed by atoms with Crippen molar-refractivity contribution < 1.29 is 9.90 Å². The quantitative estimate of drug-likeness (QED) is 0.723. The molecule has 1 unspecified atom stereocenters. The van der Waals surface area contributed by atoms with Gasteiger partial charge in [0.05, 0.1) is 5.60 Å². The van der Waals surface area contributed by atoms with Crippen molar-refractivity contribution in [1.29, 1.82) is 0 Å². The minimum Gasteiger partial charge on any atom is -0.388 e. The number of nitrogens with one attached hydrogen (secondary N) is 2. The van der Waals surface area contributed by atoms with Crippen LogP contribution < -0.4 is 10.6 Å². The first-order valence-electron chi connectivity index (χ1n) is 7.65. The van der Waals surface area contributed by atoms with Crippen LogP contribution in [0.25, 0.3) is 0 Å². The van der Waals surface area contributed by atoms with Gasteiger partial charge in [0, 0.05) is 12.0 Å². The van der Waals surface area contributed by atoms with Gasteiger partial charge in [-0.3, -0.25) is 4.79 Å². The number of piperidine rings is 1. The van der Waals surface area contributed by atoms with E-state index in [-0.39, 0.29) is 11.3 Å². The van der Waals surface area contributed by atoms with Gasteiger partial charge in [0.15, 0.2) is 0 Å². The van der Waals surface area contributed by atoms with Gasteiger partial charge >= 0.3 is 0 Å². The lowest BCUT2D eigenvalue weighted by Gasteiger charge is -2.36. The molecular weight excluding hydrogens is 240 g/mol. The molecule has 1 saturated carbocycles. The molecule has 0 radical (unpaired) electrons. The summed E-state index contributed by atoms with van der Waals surface area (Å²) < 4.78 is 0. The number of amides is 1. The van der Waals surface area contributed by atoms with E-state index < -0.39 is 5.60 Å². The van der Waals surface area contributed by atoms with Crippen molar-refractivity contribution in [2.24, 2.45) is 11.3 Å². The normalized spacial score (nSPS) is 27.2. The van der Waals surface area contributed by atoms with E-state index in [0.717, 1.165) is 51.6 Å². The van der Waals surface area contributed by atoms with Crippen molar-refractivity contribution >= 4 is 5.91 Å². The summed E-state index contributed by atoms with van der Waals surface area (Å²) in [6.45, 7) is 6.45. The fraction of sp³-hybridized carbons (Fsp3) is 0.933. The molecule has 4 nitrogen and oxygen atoms in total. The van der Waals surface area contributed by atoms with E-state index in [1.807, 2.05) is 13.8 Å². The van der Waals surface area contributed by atoms with Crippen LogP contribution in [0.2, 0.25) is 0 Å². The van der Waals surface area contributed by atoms with Gasteiger partial charge in [-0.1, -0.05) is 26.7 Å². The van der Waals surface area contributed by atoms with Crippen molar-refractivity contribution in [3.8, 4) is 0 Å². The maximum atomic E-state index is 12.4. The van der Waals surface area contributed by atoms with E-state index in [9.17, 15) is 9.90 Å². The summed E-state index contributed by atoms with van der Waals surface area (Å²) in [4.78, 5) is 12.4. The van der Waals surface area contributed by atoms with Crippen LogP contribution in [0.5, 0.6) is 0 Å². The number of rotatable bonds is 4. The predicted octanol–water partition coefficient (Wildman–Crippen LogP) is 1.43. The summed E-state index contributed by atoms with van der Waals surface area (Å²) in [5.74, 6) is 0.473. The fourth-order valence-electron chi connectivity index (χ4n) is 3.34. The van der Waals surface area contributed by atoms with Gasteiger partial charge in [-0.15, -0.1) is 0 Å². The van der Waals surface area contributed by atoms with Gasteiger partial charge in [-0.2, -0.15) is 0 Å². The standard InChI is InChI=1S/C15H28N2O2/c1-14(2,12-6-5-9-16-10-12)13(18)17-11-15(19)7-3-4-8-15/h12,16,19H,3-11H2,1-2H3,(H,17,18). The van der Waals surface area contributed by atoms with Crippen molar-refractivity contribution in [2.75, 3.05) is 19.6 Å². The molecule has 4 heteroatoms. The van der Waals surface area contributed by atoms with Crippen molar-refractivity contribution in [3.05, 3.63) is 0 Å². The van der Waals surface area contributed by atoms with Crippen molar-refractivity contribution in [2.45, 2.75) is 58.0 Å². The number of carbonyl (C=O) groups is 1. The van der Waals surface area contributed by atoms with E-state index in [2.05, 4.69) is 10.6 Å². The molecule has 0 spiro atoms. The molecule has 19 heavy (non-hydrogen) atoms. The molecule has 3 N–H and O–H groups in total. The van der Waals surface area contributed by atoms with Crippen LogP contribution in [0, 0.1) is 11.3 Å². The van der Waals surface area contributed by atoms with Crippen LogP contribution in [0.4, 0.5) is 0 Å². The SMILES string of the molecule is CC(C)(C(=O)NCC1(O)CCCC1)C1CCCNC1. The number of carbonyl (C=O) groups excluding carboxylic acids is 1. The lowest BCUT2D eigenvalue weighted by Crippen LogP contribution is -2.50. The second-order valence-corrected chi connectivity index (χ2v) is 6.88. The van der Waals surface area contributed by atoms with Gasteiger partial charge in [0.1, 0.15) is 0 Å². The highest BCUT2D eigenvalue weighted by Gasteiger charge is 2.39. The molecule has 2 fully saturated rings. The van der Waals surface area contributed by atoms with E-state index >= 15 is 0 Å². The molecule has 1 heterocycles. The van der Waals surface area contributed by atoms with E-state index in [1.165, 1.54) is 0 Å². The highest BCUT2D eigenvalue weighted by molar-refractivity contribution is 5.82. The molecule has 1 saturated heterocycles. The Morgan fingerprint density at radius 2 is 2.05 bits per heavy atom. The van der Waals surface area contributed by atoms with E-state index in [4.69, 9.17) is 0 Å². The lowest BCUT2D eigenvalue weighted by molar-refractivity contribution is -0.133. The van der Waals surface area contributed by atoms with Crippen molar-refractivity contribution in [3.63, 3.8) is 0 Å². The minimum absolute atomic E-state index is 0.0847. The van der Waals surface area contributed by atoms with Gasteiger partial charge < -0.3 is 15.7 Å². The molecular formula is C15H28N2O2. The van der Waals surface area contributed by atoms with Gasteiger partial charge in [0.2, 0.25) is 5.91 Å². The number of aliphatic hydroxyl groups is 1. The van der Waals surface area contributed by atoms with Crippen LogP contribution in [0.15, 0.2) is 0 Å². The van der Waals surface area contributed by atoms with Crippen LogP contribution in [0.3, 0.4) is 0 Å². The zero-order valence-corrected chi connectivity index (χ0v) is 12.3. The molecule has 1 amide bonds. The predicted molar refractivity (Wildman–Crippen MR) is 75.8 cm³/mol. The first-order chi connectivity index (χ1) is 8.94. The Labute approximate surface area is 116 Å². The van der Waals surface area contributed by atoms with Crippen LogP contribution in [0.1, 0.15) is 52.4 Å². The zero-order chi connectivity index (χ0) is 13.9. The average Bonchev–Trinajstić information content (AvgIpc) is 2.84. The van der Waals surface area contributed by atoms with Crippen LogP contribution >= 0.6 is 0 Å². The van der Waals surface area contributed by atoms with Gasteiger partial charge in [-0.05, 0) is 44.7 Å². The molecule has 1 aliphatic heterocycles. The Balaban J connectivity index is 1.86. The molecule has 2 aliphatic rings. The van der Waals surface area contributed by atoms with E-state index in [1.54, 1.807) is 0 Å². The summed E-state index contributed by atoms with van der Waals surface area (Å²) in [5.41, 5.74) is -1.01. The maximum Gasteiger partial charge on any atom is 0.226 e. The fourth-order valence-corrected chi connectivity index (χ4v) is 3.34. The molecule has 2 rings (SSSR count). The minimum atomic E-state index is -0.656. The second kappa shape index (κ2) is 5.80. The summed E-state index contributed by atoms with van der Waals surface area (Å²) in [6, 6.07) is 0. The highest BCUT2D eigenvalue weighted by atomic mass is 16.3. The average molecular weight is 268 g/mol. The molecule has 0 bridgehead atoms. The third-order valence-electron chi connectivity index (χ3n) is 5.01. The molecule has 1 atom stereocenters. The Morgan fingerprint density at radius 1 is 1.37 bits per heavy atom. The first-order valence-corrected chi connectivity index (χ1v) is 7.65. The first kappa shape index (κ1) is 14.8. The molecule has 0 aromatic heterocycles. The lowest BCUT2D eigenvalue weighted by atomic mass is 9.74. The summed E-state index contributed by atoms with van der Waals surface area (Å²) in [5, 5.41) is 16.6. The molecule has 0 aromatic rings. The monoisotopic (exact) mass is 268 g/mol. The third kappa shape index (κ3) is 3.48. The third-order valence-corrected chi connectivity index (χ3v) is 5.01. The van der Waals surface area contributed by atoms with Crippen molar-refractivity contribution in [1.82, 2.24) is 10.6 Å². The number of hydrogen-bond acceptors (Lipinski definition) is 3. The summed E-state index contributed by atoms with van der Waals surface area (Å²) in [6.07, 6.45) is 6.03. The van der Waals surface area contributed by atoms with Gasteiger partial charge in [0.25, 0.3) is 0 Å². The Kier molecular flexibility index (Phi) is 4.51. The van der Waals surface area contributed by atoms with Crippen LogP contribution in [-0.4, -0.2) is 36.2 Å². The Hall–Kier alpha value is -0.610. The Bertz CT molecular complexity index is 316. The molecule has 110 valence electrons. The van der Waals surface area contributed by atoms with Gasteiger partial charge in [-0.25, -0.2) is 0 Å². The largest absolute Gasteiger partial charge is 0.388 e. The second-order valence-electron chi connectivity index (χ2n) is 6.88. The van der Waals surface area contributed by atoms with Crippen LogP contribution in [-0.2, 0) is 4.79 Å². The van der Waals surface area contributed by atoms with E-state index in [0.29, 0.717) is 12.5 Å². The maximum absolute atomic E-state index is 12.4. The highest BCUT2D eigenvalue weighted by Crippen LogP contribution is 2.33. The zero-order valence-electron chi connectivity index (χ0n) is 12.3. The smallest absolute Gasteiger partial charge is 0.226 e. The molecule has 1 aliphatic carbocycles. The summed E-state index contributed by atoms with van der Waals surface area (Å²) in [7, 11) is 0. The topological polar surface area (TPSA) is 61.4 Å².